The van der Waals surface area contributed by atoms with Crippen LogP contribution in [0, 0.1) is 11.3 Å². The predicted octanol–water partition coefficient (Wildman–Crippen LogP) is 6.17. The number of benzene rings is 2. The Bertz CT molecular complexity index is 1820. The molecule has 0 atom stereocenters. The molecule has 3 aromatic heterocycles. The summed E-state index contributed by atoms with van der Waals surface area (Å²) in [6.45, 7) is 0.519. The first-order valence-corrected chi connectivity index (χ1v) is 14.8. The second-order valence-corrected chi connectivity index (χ2v) is 10.8. The maximum atomic E-state index is 12.8. The number of amides is 1. The van der Waals surface area contributed by atoms with Crippen molar-refractivity contribution in [3.63, 3.8) is 0 Å². The molecule has 1 amide bonds. The van der Waals surface area contributed by atoms with E-state index < -0.39 is 0 Å². The van der Waals surface area contributed by atoms with Crippen molar-refractivity contribution in [3.8, 4) is 23.3 Å². The highest BCUT2D eigenvalue weighted by Crippen LogP contribution is 2.36. The van der Waals surface area contributed by atoms with Gasteiger partial charge in [0.15, 0.2) is 11.5 Å². The van der Waals surface area contributed by atoms with Crippen molar-refractivity contribution in [1.29, 1.82) is 5.26 Å². The molecular formula is C34H33N7O4. The molecule has 2 N–H and O–H groups in total. The molecule has 6 rings (SSSR count). The molecule has 45 heavy (non-hydrogen) atoms. The molecule has 3 heterocycles. The Morgan fingerprint density at radius 3 is 2.40 bits per heavy atom. The van der Waals surface area contributed by atoms with Gasteiger partial charge in [0.1, 0.15) is 28.5 Å². The third-order valence-corrected chi connectivity index (χ3v) is 7.91. The molecule has 11 nitrogen and oxygen atoms in total. The number of carbonyl (C=O) groups is 1. The number of ether oxygens (including phenoxy) is 3. The first kappa shape index (κ1) is 29.6. The van der Waals surface area contributed by atoms with Gasteiger partial charge in [-0.3, -0.25) is 4.79 Å². The van der Waals surface area contributed by atoms with Crippen molar-refractivity contribution in [2.45, 2.75) is 44.4 Å². The second kappa shape index (κ2) is 13.4. The van der Waals surface area contributed by atoms with Gasteiger partial charge in [-0.25, -0.2) is 14.6 Å². The van der Waals surface area contributed by atoms with E-state index in [1.54, 1.807) is 50.7 Å². The highest BCUT2D eigenvalue weighted by atomic mass is 16.5. The van der Waals surface area contributed by atoms with Crippen LogP contribution in [0.15, 0.2) is 79.1 Å². The molecule has 228 valence electrons. The number of nitriles is 1. The van der Waals surface area contributed by atoms with E-state index in [1.165, 1.54) is 12.3 Å². The van der Waals surface area contributed by atoms with Gasteiger partial charge in [-0.1, -0.05) is 12.1 Å². The normalized spacial score (nSPS) is 16.1. The van der Waals surface area contributed by atoms with E-state index >= 15 is 0 Å². The summed E-state index contributed by atoms with van der Waals surface area (Å²) in [5.41, 5.74) is 2.59. The summed E-state index contributed by atoms with van der Waals surface area (Å²) in [7, 11) is 3.42. The monoisotopic (exact) mass is 603 g/mol. The zero-order valence-corrected chi connectivity index (χ0v) is 25.1. The summed E-state index contributed by atoms with van der Waals surface area (Å²) in [4.78, 5) is 21.6. The van der Waals surface area contributed by atoms with Crippen LogP contribution in [0.5, 0.6) is 17.2 Å². The van der Waals surface area contributed by atoms with Gasteiger partial charge >= 0.3 is 0 Å². The highest BCUT2D eigenvalue weighted by Gasteiger charge is 2.24. The summed E-state index contributed by atoms with van der Waals surface area (Å²) in [6, 6.07) is 21.9. The van der Waals surface area contributed by atoms with E-state index in [-0.39, 0.29) is 18.1 Å². The van der Waals surface area contributed by atoms with Crippen molar-refractivity contribution in [2.75, 3.05) is 24.9 Å². The van der Waals surface area contributed by atoms with E-state index in [0.29, 0.717) is 46.5 Å². The molecule has 1 aliphatic rings. The van der Waals surface area contributed by atoms with Crippen molar-refractivity contribution in [3.05, 3.63) is 95.8 Å². The lowest BCUT2D eigenvalue weighted by Crippen LogP contribution is -2.29. The van der Waals surface area contributed by atoms with Crippen LogP contribution in [0.25, 0.3) is 11.0 Å². The molecule has 0 radical (unpaired) electrons. The van der Waals surface area contributed by atoms with Crippen molar-refractivity contribution in [1.82, 2.24) is 19.7 Å². The minimum Gasteiger partial charge on any atom is -0.497 e. The summed E-state index contributed by atoms with van der Waals surface area (Å²) >= 11 is 0. The lowest BCUT2D eigenvalue weighted by atomic mass is 9.93. The summed E-state index contributed by atoms with van der Waals surface area (Å²) in [6.07, 6.45) is 7.40. The quantitative estimate of drug-likeness (QED) is 0.192. The number of rotatable bonds is 10. The number of nitrogens with zero attached hydrogens (tertiary/aromatic N) is 5. The lowest BCUT2D eigenvalue weighted by Gasteiger charge is -2.28. The lowest BCUT2D eigenvalue weighted by molar-refractivity contribution is 0.0681. The fourth-order valence-electron chi connectivity index (χ4n) is 5.46. The number of pyridine rings is 2. The van der Waals surface area contributed by atoms with Gasteiger partial charge in [0.2, 0.25) is 0 Å². The second-order valence-electron chi connectivity index (χ2n) is 10.8. The van der Waals surface area contributed by atoms with Gasteiger partial charge in [-0.2, -0.15) is 10.4 Å². The van der Waals surface area contributed by atoms with E-state index in [2.05, 4.69) is 15.6 Å². The Labute approximate surface area is 260 Å². The molecular weight excluding hydrogens is 570 g/mol. The molecule has 0 unspecified atom stereocenters. The largest absolute Gasteiger partial charge is 0.497 e. The summed E-state index contributed by atoms with van der Waals surface area (Å²) in [5, 5.41) is 21.3. The standard InChI is InChI=1S/C34H33N7O4/c1-43-26-9-3-22(4-10-26)21-41-33-31(32(40-41)38-25-7-13-27(44-2)14-8-25)29(16-18-37-33)45-28-11-5-24(6-12-28)34(42)39-30-19-23(20-35)15-17-36-30/h3-6,9-12,15-19,25,27H,7-8,13-14,21H2,1-2H3,(H,38,40)(H,36,39,42)/t25-,27+. The number of anilines is 2. The van der Waals surface area contributed by atoms with E-state index in [0.717, 1.165) is 42.4 Å². The average molecular weight is 604 g/mol. The fourth-order valence-corrected chi connectivity index (χ4v) is 5.46. The molecule has 2 aromatic carbocycles. The Morgan fingerprint density at radius 1 is 0.956 bits per heavy atom. The van der Waals surface area contributed by atoms with Gasteiger partial charge < -0.3 is 24.8 Å². The number of methoxy groups -OCH3 is 2. The topological polar surface area (TPSA) is 136 Å². The molecule has 0 saturated heterocycles. The Hall–Kier alpha value is -5.47. The van der Waals surface area contributed by atoms with Gasteiger partial charge in [0, 0.05) is 37.2 Å². The smallest absolute Gasteiger partial charge is 0.256 e. The molecule has 0 aliphatic heterocycles. The number of carbonyl (C=O) groups excluding carboxylic acids is 1. The molecule has 1 saturated carbocycles. The Morgan fingerprint density at radius 2 is 1.69 bits per heavy atom. The van der Waals surface area contributed by atoms with Crippen LogP contribution in [0.1, 0.15) is 47.2 Å². The van der Waals surface area contributed by atoms with Crippen molar-refractivity contribution < 1.29 is 19.0 Å². The Balaban J connectivity index is 1.26. The maximum Gasteiger partial charge on any atom is 0.256 e. The van der Waals surface area contributed by atoms with Gasteiger partial charge in [-0.15, -0.1) is 0 Å². The predicted molar refractivity (Wildman–Crippen MR) is 170 cm³/mol. The number of hydrogen-bond acceptors (Lipinski definition) is 9. The summed E-state index contributed by atoms with van der Waals surface area (Å²) < 4.78 is 19.2. The molecule has 11 heteroatoms. The molecule has 0 spiro atoms. The van der Waals surface area contributed by atoms with E-state index in [9.17, 15) is 4.79 Å². The SMILES string of the molecule is COc1ccc(Cn2nc(N[C@H]3CC[C@@H](OC)CC3)c3c(Oc4ccc(C(=O)Nc5cc(C#N)ccn5)cc4)ccnc32)cc1. The minimum atomic E-state index is -0.343. The van der Waals surface area contributed by atoms with Crippen molar-refractivity contribution in [2.24, 2.45) is 0 Å². The molecule has 1 aliphatic carbocycles. The molecule has 5 aromatic rings. The van der Waals surface area contributed by atoms with Crippen LogP contribution in [0.4, 0.5) is 11.6 Å². The third kappa shape index (κ3) is 6.87. The number of aromatic nitrogens is 4. The summed E-state index contributed by atoms with van der Waals surface area (Å²) in [5.74, 6) is 2.62. The fraction of sp³-hybridized carbons (Fsp3) is 0.265. The van der Waals surface area contributed by atoms with E-state index in [1.807, 2.05) is 41.1 Å². The zero-order valence-electron chi connectivity index (χ0n) is 25.1. The molecule has 1 fully saturated rings. The van der Waals surface area contributed by atoms with Crippen LogP contribution < -0.4 is 20.1 Å². The zero-order chi connectivity index (χ0) is 31.2. The maximum absolute atomic E-state index is 12.8. The number of nitrogens with one attached hydrogen (secondary N) is 2. The molecule has 0 bridgehead atoms. The minimum absolute atomic E-state index is 0.248. The third-order valence-electron chi connectivity index (χ3n) is 7.91. The first-order chi connectivity index (χ1) is 22.0. The highest BCUT2D eigenvalue weighted by molar-refractivity contribution is 6.03. The number of fused-ring (bicyclic) bond motifs is 1. The van der Waals surface area contributed by atoms with Crippen LogP contribution in [-0.2, 0) is 11.3 Å². The van der Waals surface area contributed by atoms with Gasteiger partial charge in [-0.05, 0) is 79.8 Å². The average Bonchev–Trinajstić information content (AvgIpc) is 3.43. The van der Waals surface area contributed by atoms with Crippen LogP contribution in [0.2, 0.25) is 0 Å². The van der Waals surface area contributed by atoms with Crippen LogP contribution >= 0.6 is 0 Å². The van der Waals surface area contributed by atoms with Crippen molar-refractivity contribution >= 4 is 28.6 Å². The number of hydrogen-bond donors (Lipinski definition) is 2. The van der Waals surface area contributed by atoms with Gasteiger partial charge in [0.05, 0.1) is 31.4 Å². The van der Waals surface area contributed by atoms with Gasteiger partial charge in [0.25, 0.3) is 5.91 Å². The Kier molecular flexibility index (Phi) is 8.84. The van der Waals surface area contributed by atoms with E-state index in [4.69, 9.17) is 29.6 Å². The van der Waals surface area contributed by atoms with Crippen LogP contribution in [0.3, 0.4) is 0 Å². The first-order valence-electron chi connectivity index (χ1n) is 14.8. The van der Waals surface area contributed by atoms with Crippen LogP contribution in [-0.4, -0.2) is 52.0 Å².